The molecule has 1 aliphatic rings. The highest BCUT2D eigenvalue weighted by Gasteiger charge is 2.34. The van der Waals surface area contributed by atoms with Crippen molar-refractivity contribution in [3.05, 3.63) is 24.0 Å². The van der Waals surface area contributed by atoms with Crippen LogP contribution in [0.5, 0.6) is 0 Å². The van der Waals surface area contributed by atoms with Gasteiger partial charge in [0, 0.05) is 6.54 Å². The Morgan fingerprint density at radius 3 is 2.94 bits per heavy atom. The van der Waals surface area contributed by atoms with Gasteiger partial charge in [-0.1, -0.05) is 13.0 Å². The number of benzene rings is 1. The van der Waals surface area contributed by atoms with Crippen molar-refractivity contribution in [2.45, 2.75) is 20.3 Å². The Balaban J connectivity index is 2.41. The Kier molecular flexibility index (Phi) is 2.58. The van der Waals surface area contributed by atoms with E-state index in [1.165, 1.54) is 6.07 Å². The van der Waals surface area contributed by atoms with Crippen LogP contribution in [0.15, 0.2) is 18.2 Å². The lowest BCUT2D eigenvalue weighted by Gasteiger charge is -2.23. The second-order valence-corrected chi connectivity index (χ2v) is 4.38. The number of nitrogens with one attached hydrogen (secondary N) is 2. The molecule has 0 aromatic heterocycles. The Hall–Kier alpha value is -1.58. The van der Waals surface area contributed by atoms with Crippen LogP contribution >= 0.6 is 0 Å². The fourth-order valence-corrected chi connectivity index (χ4v) is 1.72. The van der Waals surface area contributed by atoms with Gasteiger partial charge in [0.1, 0.15) is 11.5 Å². The average molecular weight is 222 g/mol. The molecule has 1 aliphatic heterocycles. The van der Waals surface area contributed by atoms with Crippen LogP contribution in [0.3, 0.4) is 0 Å². The lowest BCUT2D eigenvalue weighted by Crippen LogP contribution is -2.36. The van der Waals surface area contributed by atoms with E-state index < -0.39 is 11.2 Å². The summed E-state index contributed by atoms with van der Waals surface area (Å²) in [6.07, 6.45) is 0.710. The van der Waals surface area contributed by atoms with Crippen molar-refractivity contribution >= 4 is 17.3 Å². The van der Waals surface area contributed by atoms with Gasteiger partial charge < -0.3 is 10.6 Å². The van der Waals surface area contributed by atoms with E-state index in [0.29, 0.717) is 18.7 Å². The molecule has 0 radical (unpaired) electrons. The lowest BCUT2D eigenvalue weighted by molar-refractivity contribution is -0.124. The molecule has 1 amide bonds. The first kappa shape index (κ1) is 10.9. The zero-order chi connectivity index (χ0) is 11.8. The zero-order valence-corrected chi connectivity index (χ0v) is 9.43. The number of anilines is 2. The Labute approximate surface area is 94.0 Å². The summed E-state index contributed by atoms with van der Waals surface area (Å²) in [5, 5.41) is 5.77. The van der Waals surface area contributed by atoms with Gasteiger partial charge in [-0.3, -0.25) is 4.79 Å². The van der Waals surface area contributed by atoms with Crippen LogP contribution < -0.4 is 10.6 Å². The molecule has 2 rings (SSSR count). The van der Waals surface area contributed by atoms with Gasteiger partial charge in [0.2, 0.25) is 5.91 Å². The number of fused-ring (bicyclic) bond motifs is 1. The molecule has 0 aliphatic carbocycles. The molecule has 0 spiro atoms. The zero-order valence-electron chi connectivity index (χ0n) is 9.43. The Morgan fingerprint density at radius 2 is 2.25 bits per heavy atom. The number of carbonyl (C=O) groups is 1. The summed E-state index contributed by atoms with van der Waals surface area (Å²) in [6.45, 7) is 4.35. The van der Waals surface area contributed by atoms with Crippen molar-refractivity contribution in [3.8, 4) is 0 Å². The predicted octanol–water partition coefficient (Wildman–Crippen LogP) is 2.61. The van der Waals surface area contributed by atoms with Gasteiger partial charge in [-0.25, -0.2) is 4.39 Å². The molecule has 86 valence electrons. The summed E-state index contributed by atoms with van der Waals surface area (Å²) >= 11 is 0. The molecule has 3 nitrogen and oxygen atoms in total. The number of amides is 1. The molecule has 1 atom stereocenters. The highest BCUT2D eigenvalue weighted by atomic mass is 19.1. The van der Waals surface area contributed by atoms with E-state index in [-0.39, 0.29) is 11.6 Å². The number of halogens is 1. The SMILES string of the molecule is CCC1(C)CNc2cccc(F)c2NC1=O. The monoisotopic (exact) mass is 222 g/mol. The van der Waals surface area contributed by atoms with E-state index in [9.17, 15) is 9.18 Å². The van der Waals surface area contributed by atoms with Gasteiger partial charge >= 0.3 is 0 Å². The van der Waals surface area contributed by atoms with E-state index >= 15 is 0 Å². The molecule has 2 N–H and O–H groups in total. The molecule has 1 heterocycles. The van der Waals surface area contributed by atoms with Crippen molar-refractivity contribution in [3.63, 3.8) is 0 Å². The Bertz CT molecular complexity index is 433. The first-order valence-corrected chi connectivity index (χ1v) is 5.40. The van der Waals surface area contributed by atoms with Gasteiger partial charge in [-0.05, 0) is 25.5 Å². The number of carbonyl (C=O) groups excluding carboxylic acids is 1. The maximum absolute atomic E-state index is 13.5. The third-order valence-electron chi connectivity index (χ3n) is 3.25. The van der Waals surface area contributed by atoms with Crippen molar-refractivity contribution in [2.24, 2.45) is 5.41 Å². The fourth-order valence-electron chi connectivity index (χ4n) is 1.72. The minimum absolute atomic E-state index is 0.133. The molecule has 16 heavy (non-hydrogen) atoms. The Morgan fingerprint density at radius 1 is 1.50 bits per heavy atom. The summed E-state index contributed by atoms with van der Waals surface area (Å²) in [7, 11) is 0. The van der Waals surface area contributed by atoms with Crippen LogP contribution in [-0.4, -0.2) is 12.5 Å². The smallest absolute Gasteiger partial charge is 0.232 e. The summed E-state index contributed by atoms with van der Waals surface area (Å²) < 4.78 is 13.5. The quantitative estimate of drug-likeness (QED) is 0.766. The lowest BCUT2D eigenvalue weighted by atomic mass is 9.86. The highest BCUT2D eigenvalue weighted by Crippen LogP contribution is 2.33. The fraction of sp³-hybridized carbons (Fsp3) is 0.417. The number of hydrogen-bond acceptors (Lipinski definition) is 2. The standard InChI is InChI=1S/C12H15FN2O/c1-3-12(2)7-14-9-6-4-5-8(13)10(9)15-11(12)16/h4-6,14H,3,7H2,1-2H3,(H,15,16). The van der Waals surface area contributed by atoms with Gasteiger partial charge in [-0.15, -0.1) is 0 Å². The number of rotatable bonds is 1. The maximum atomic E-state index is 13.5. The largest absolute Gasteiger partial charge is 0.382 e. The van der Waals surface area contributed by atoms with Gasteiger partial charge in [0.15, 0.2) is 0 Å². The van der Waals surface area contributed by atoms with Crippen molar-refractivity contribution in [1.29, 1.82) is 0 Å². The molecule has 0 fully saturated rings. The van der Waals surface area contributed by atoms with Crippen molar-refractivity contribution in [1.82, 2.24) is 0 Å². The second-order valence-electron chi connectivity index (χ2n) is 4.38. The van der Waals surface area contributed by atoms with Crippen LogP contribution in [0.2, 0.25) is 0 Å². The van der Waals surface area contributed by atoms with Crippen molar-refractivity contribution in [2.75, 3.05) is 17.2 Å². The molecule has 4 heteroatoms. The minimum Gasteiger partial charge on any atom is -0.382 e. The molecule has 0 saturated heterocycles. The van der Waals surface area contributed by atoms with Crippen LogP contribution in [0, 0.1) is 11.2 Å². The van der Waals surface area contributed by atoms with E-state index in [1.54, 1.807) is 12.1 Å². The summed E-state index contributed by atoms with van der Waals surface area (Å²) in [5.74, 6) is -0.537. The van der Waals surface area contributed by atoms with Crippen molar-refractivity contribution < 1.29 is 9.18 Å². The van der Waals surface area contributed by atoms with Crippen LogP contribution in [0.4, 0.5) is 15.8 Å². The topological polar surface area (TPSA) is 41.1 Å². The molecule has 1 unspecified atom stereocenters. The first-order chi connectivity index (χ1) is 7.57. The summed E-state index contributed by atoms with van der Waals surface area (Å²) in [4.78, 5) is 12.0. The van der Waals surface area contributed by atoms with Gasteiger partial charge in [-0.2, -0.15) is 0 Å². The maximum Gasteiger partial charge on any atom is 0.232 e. The predicted molar refractivity (Wildman–Crippen MR) is 61.9 cm³/mol. The number of para-hydroxylation sites is 1. The van der Waals surface area contributed by atoms with E-state index in [1.807, 2.05) is 13.8 Å². The molecular weight excluding hydrogens is 207 g/mol. The minimum atomic E-state index is -0.495. The molecular formula is C12H15FN2O. The van der Waals surface area contributed by atoms with E-state index in [2.05, 4.69) is 10.6 Å². The van der Waals surface area contributed by atoms with Crippen LogP contribution in [0.25, 0.3) is 0 Å². The molecule has 1 aromatic carbocycles. The van der Waals surface area contributed by atoms with Gasteiger partial charge in [0.25, 0.3) is 0 Å². The summed E-state index contributed by atoms with van der Waals surface area (Å²) in [6, 6.07) is 4.73. The highest BCUT2D eigenvalue weighted by molar-refractivity contribution is 5.99. The average Bonchev–Trinajstić information content (AvgIpc) is 2.40. The summed E-state index contributed by atoms with van der Waals surface area (Å²) in [5.41, 5.74) is 0.404. The molecule has 0 bridgehead atoms. The molecule has 1 aromatic rings. The molecule has 0 saturated carbocycles. The number of hydrogen-bond donors (Lipinski definition) is 2. The van der Waals surface area contributed by atoms with E-state index in [4.69, 9.17) is 0 Å². The third kappa shape index (κ3) is 1.64. The van der Waals surface area contributed by atoms with Crippen LogP contribution in [-0.2, 0) is 4.79 Å². The van der Waals surface area contributed by atoms with Crippen LogP contribution in [0.1, 0.15) is 20.3 Å². The van der Waals surface area contributed by atoms with Gasteiger partial charge in [0.05, 0.1) is 11.1 Å². The second kappa shape index (κ2) is 3.77. The first-order valence-electron chi connectivity index (χ1n) is 5.40. The van der Waals surface area contributed by atoms with E-state index in [0.717, 1.165) is 0 Å². The normalized spacial score (nSPS) is 24.1. The third-order valence-corrected chi connectivity index (χ3v) is 3.25.